The Labute approximate surface area is 145 Å². The van der Waals surface area contributed by atoms with Crippen LogP contribution in [0.15, 0.2) is 47.8 Å². The average Bonchev–Trinajstić information content (AvgIpc) is 3.33. The van der Waals surface area contributed by atoms with E-state index in [9.17, 15) is 8.42 Å². The minimum atomic E-state index is -3.48. The summed E-state index contributed by atoms with van der Waals surface area (Å²) in [7, 11) is -3.48. The molecule has 0 aliphatic heterocycles. The lowest BCUT2D eigenvalue weighted by Crippen LogP contribution is -2.26. The smallest absolute Gasteiger partial charge is 0.242 e. The van der Waals surface area contributed by atoms with Gasteiger partial charge in [0.05, 0.1) is 18.4 Å². The van der Waals surface area contributed by atoms with Crippen LogP contribution in [0.25, 0.3) is 5.65 Å². The van der Waals surface area contributed by atoms with Crippen molar-refractivity contribution in [1.29, 1.82) is 0 Å². The Bertz CT molecular complexity index is 979. The molecule has 3 aromatic rings. The largest absolute Gasteiger partial charge is 0.364 e. The van der Waals surface area contributed by atoms with E-state index in [0.717, 1.165) is 24.2 Å². The van der Waals surface area contributed by atoms with Crippen molar-refractivity contribution in [2.45, 2.75) is 24.3 Å². The standard InChI is InChI=1S/C16H18N6O2S/c23-25(24,21-9-12-1-2-12)14-3-4-15(19-11-14)18-10-13-5-7-17-16-6-8-20-22(13)16/h3-8,11-12,21H,1-2,9-10H2,(H,18,19). The first-order chi connectivity index (χ1) is 12.1. The monoisotopic (exact) mass is 358 g/mol. The van der Waals surface area contributed by atoms with Gasteiger partial charge >= 0.3 is 0 Å². The van der Waals surface area contributed by atoms with Crippen molar-refractivity contribution in [1.82, 2.24) is 24.3 Å². The summed E-state index contributed by atoms with van der Waals surface area (Å²) in [6.45, 7) is 1.00. The summed E-state index contributed by atoms with van der Waals surface area (Å²) < 4.78 is 28.7. The van der Waals surface area contributed by atoms with E-state index in [4.69, 9.17) is 0 Å². The molecule has 3 aromatic heterocycles. The minimum Gasteiger partial charge on any atom is -0.364 e. The highest BCUT2D eigenvalue weighted by atomic mass is 32.2. The molecular formula is C16H18N6O2S. The molecule has 0 spiro atoms. The Morgan fingerprint density at radius 3 is 2.76 bits per heavy atom. The van der Waals surface area contributed by atoms with Gasteiger partial charge in [-0.1, -0.05) is 0 Å². The number of nitrogens with zero attached hydrogens (tertiary/aromatic N) is 4. The number of hydrogen-bond donors (Lipinski definition) is 2. The summed E-state index contributed by atoms with van der Waals surface area (Å²) >= 11 is 0. The molecule has 0 saturated heterocycles. The van der Waals surface area contributed by atoms with Gasteiger partial charge in [0.1, 0.15) is 10.7 Å². The predicted molar refractivity (Wildman–Crippen MR) is 92.5 cm³/mol. The van der Waals surface area contributed by atoms with Crippen LogP contribution in [-0.4, -0.2) is 34.5 Å². The van der Waals surface area contributed by atoms with E-state index in [0.29, 0.717) is 24.8 Å². The van der Waals surface area contributed by atoms with Crippen molar-refractivity contribution in [2.24, 2.45) is 5.92 Å². The van der Waals surface area contributed by atoms with Gasteiger partial charge in [-0.3, -0.25) is 0 Å². The first-order valence-electron chi connectivity index (χ1n) is 8.09. The van der Waals surface area contributed by atoms with Gasteiger partial charge in [0, 0.05) is 25.0 Å². The van der Waals surface area contributed by atoms with Crippen molar-refractivity contribution in [3.8, 4) is 0 Å². The lowest BCUT2D eigenvalue weighted by atomic mass is 10.4. The zero-order chi connectivity index (χ0) is 17.3. The summed E-state index contributed by atoms with van der Waals surface area (Å²) in [5.41, 5.74) is 1.70. The molecule has 8 nitrogen and oxygen atoms in total. The maximum atomic E-state index is 12.2. The summed E-state index contributed by atoms with van der Waals surface area (Å²) in [6.07, 6.45) is 6.99. The quantitative estimate of drug-likeness (QED) is 0.662. The van der Waals surface area contributed by atoms with Crippen molar-refractivity contribution in [3.63, 3.8) is 0 Å². The van der Waals surface area contributed by atoms with E-state index in [-0.39, 0.29) is 4.90 Å². The first kappa shape index (κ1) is 16.0. The molecule has 1 fully saturated rings. The number of hydrogen-bond acceptors (Lipinski definition) is 6. The third-order valence-electron chi connectivity index (χ3n) is 4.12. The summed E-state index contributed by atoms with van der Waals surface area (Å²) in [5, 5.41) is 7.39. The maximum absolute atomic E-state index is 12.2. The third-order valence-corrected chi connectivity index (χ3v) is 5.53. The molecule has 0 unspecified atom stereocenters. The number of fused-ring (bicyclic) bond motifs is 1. The number of aromatic nitrogens is 4. The van der Waals surface area contributed by atoms with E-state index < -0.39 is 10.0 Å². The van der Waals surface area contributed by atoms with Crippen LogP contribution in [0.5, 0.6) is 0 Å². The molecule has 25 heavy (non-hydrogen) atoms. The lowest BCUT2D eigenvalue weighted by molar-refractivity contribution is 0.577. The van der Waals surface area contributed by atoms with Gasteiger partial charge in [-0.2, -0.15) is 5.10 Å². The second-order valence-corrected chi connectivity index (χ2v) is 7.83. The molecule has 2 N–H and O–H groups in total. The van der Waals surface area contributed by atoms with Crippen molar-refractivity contribution in [2.75, 3.05) is 11.9 Å². The first-order valence-corrected chi connectivity index (χ1v) is 9.57. The predicted octanol–water partition coefficient (Wildman–Crippen LogP) is 1.42. The highest BCUT2D eigenvalue weighted by molar-refractivity contribution is 7.89. The average molecular weight is 358 g/mol. The van der Waals surface area contributed by atoms with Crippen LogP contribution in [0.4, 0.5) is 5.82 Å². The molecule has 9 heteroatoms. The Hall–Kier alpha value is -2.52. The fourth-order valence-corrected chi connectivity index (χ4v) is 3.54. The molecule has 0 aromatic carbocycles. The molecule has 3 heterocycles. The van der Waals surface area contributed by atoms with Gasteiger partial charge in [0.25, 0.3) is 0 Å². The Kier molecular flexibility index (Phi) is 4.10. The molecule has 0 amide bonds. The number of nitrogens with one attached hydrogen (secondary N) is 2. The molecular weight excluding hydrogens is 340 g/mol. The lowest BCUT2D eigenvalue weighted by Gasteiger charge is -2.09. The highest BCUT2D eigenvalue weighted by Gasteiger charge is 2.24. The molecule has 1 aliphatic carbocycles. The van der Waals surface area contributed by atoms with Gasteiger partial charge in [-0.05, 0) is 37.0 Å². The Morgan fingerprint density at radius 1 is 1.12 bits per heavy atom. The van der Waals surface area contributed by atoms with Crippen LogP contribution >= 0.6 is 0 Å². The van der Waals surface area contributed by atoms with Crippen molar-refractivity contribution >= 4 is 21.5 Å². The van der Waals surface area contributed by atoms with Gasteiger partial charge in [-0.15, -0.1) is 0 Å². The van der Waals surface area contributed by atoms with Crippen molar-refractivity contribution in [3.05, 3.63) is 48.5 Å². The SMILES string of the molecule is O=S(=O)(NCC1CC1)c1ccc(NCc2ccnc3ccnn23)nc1. The molecule has 0 radical (unpaired) electrons. The fraction of sp³-hybridized carbons (Fsp3) is 0.312. The number of rotatable bonds is 7. The molecule has 0 atom stereocenters. The minimum absolute atomic E-state index is 0.178. The van der Waals surface area contributed by atoms with Gasteiger partial charge in [0.15, 0.2) is 5.65 Å². The van der Waals surface area contributed by atoms with E-state index in [1.165, 1.54) is 6.20 Å². The van der Waals surface area contributed by atoms with Gasteiger partial charge in [-0.25, -0.2) is 27.6 Å². The van der Waals surface area contributed by atoms with Crippen LogP contribution in [-0.2, 0) is 16.6 Å². The Morgan fingerprint density at radius 2 is 2.00 bits per heavy atom. The van der Waals surface area contributed by atoms with E-state index in [1.54, 1.807) is 29.0 Å². The number of pyridine rings is 1. The molecule has 0 bridgehead atoms. The summed E-state index contributed by atoms with van der Waals surface area (Å²) in [4.78, 5) is 8.59. The summed E-state index contributed by atoms with van der Waals surface area (Å²) in [5.74, 6) is 1.08. The van der Waals surface area contributed by atoms with Crippen molar-refractivity contribution < 1.29 is 8.42 Å². The van der Waals surface area contributed by atoms with Crippen LogP contribution in [0.2, 0.25) is 0 Å². The molecule has 1 aliphatic rings. The number of anilines is 1. The van der Waals surface area contributed by atoms with Gasteiger partial charge in [0.2, 0.25) is 10.0 Å². The van der Waals surface area contributed by atoms with Crippen LogP contribution in [0.3, 0.4) is 0 Å². The maximum Gasteiger partial charge on any atom is 0.242 e. The van der Waals surface area contributed by atoms with Gasteiger partial charge < -0.3 is 5.32 Å². The molecule has 4 rings (SSSR count). The third kappa shape index (κ3) is 3.62. The second kappa shape index (κ2) is 6.41. The fourth-order valence-electron chi connectivity index (χ4n) is 2.48. The number of sulfonamides is 1. The van der Waals surface area contributed by atoms with Crippen LogP contribution < -0.4 is 10.0 Å². The zero-order valence-electron chi connectivity index (χ0n) is 13.5. The zero-order valence-corrected chi connectivity index (χ0v) is 14.3. The topological polar surface area (TPSA) is 101 Å². The summed E-state index contributed by atoms with van der Waals surface area (Å²) in [6, 6.07) is 6.91. The van der Waals surface area contributed by atoms with E-state index in [1.807, 2.05) is 12.1 Å². The normalized spacial score (nSPS) is 14.7. The highest BCUT2D eigenvalue weighted by Crippen LogP contribution is 2.28. The second-order valence-electron chi connectivity index (χ2n) is 6.07. The van der Waals surface area contributed by atoms with E-state index in [2.05, 4.69) is 25.1 Å². The van der Waals surface area contributed by atoms with Crippen LogP contribution in [0, 0.1) is 5.92 Å². The van der Waals surface area contributed by atoms with Crippen LogP contribution in [0.1, 0.15) is 18.5 Å². The molecule has 1 saturated carbocycles. The Balaban J connectivity index is 1.42. The molecule has 130 valence electrons. The van der Waals surface area contributed by atoms with E-state index >= 15 is 0 Å².